The summed E-state index contributed by atoms with van der Waals surface area (Å²) in [5.74, 6) is 0.582. The quantitative estimate of drug-likeness (QED) is 0.209. The number of para-hydroxylation sites is 1. The lowest BCUT2D eigenvalue weighted by Gasteiger charge is -2.22. The van der Waals surface area contributed by atoms with E-state index in [-0.39, 0.29) is 42.3 Å². The van der Waals surface area contributed by atoms with Crippen LogP contribution >= 0.6 is 23.2 Å². The first-order valence-corrected chi connectivity index (χ1v) is 15.1. The van der Waals surface area contributed by atoms with Crippen molar-refractivity contribution in [2.24, 2.45) is 16.6 Å². The van der Waals surface area contributed by atoms with Crippen LogP contribution in [-0.4, -0.2) is 66.1 Å². The van der Waals surface area contributed by atoms with Crippen LogP contribution in [0.2, 0.25) is 10.0 Å². The second-order valence-corrected chi connectivity index (χ2v) is 11.3. The van der Waals surface area contributed by atoms with Crippen LogP contribution in [-0.2, 0) is 22.7 Å². The van der Waals surface area contributed by atoms with Crippen LogP contribution < -0.4 is 30.7 Å². The van der Waals surface area contributed by atoms with Gasteiger partial charge in [0.25, 0.3) is 6.01 Å². The van der Waals surface area contributed by atoms with Gasteiger partial charge in [-0.15, -0.1) is 0 Å². The molecule has 0 aliphatic carbocycles. The average Bonchev–Trinajstić information content (AvgIpc) is 3.41. The van der Waals surface area contributed by atoms with Crippen LogP contribution in [0.4, 0.5) is 5.69 Å². The Labute approximate surface area is 270 Å². The minimum Gasteiger partial charge on any atom is -0.486 e. The number of likely N-dealkylation sites (N-methyl/N-ethyl adjacent to an activating group) is 1. The molecule has 2 aromatic carbocycles. The second kappa shape index (κ2) is 14.5. The molecule has 45 heavy (non-hydrogen) atoms. The summed E-state index contributed by atoms with van der Waals surface area (Å²) in [7, 11) is 3.15. The summed E-state index contributed by atoms with van der Waals surface area (Å²) >= 11 is 13.3. The number of carbonyl (C=O) groups excluding carboxylic acids is 2. The number of guanidine groups is 1. The minimum absolute atomic E-state index is 0.0184. The third-order valence-corrected chi connectivity index (χ3v) is 8.29. The number of carbonyl (C=O) groups is 2. The van der Waals surface area contributed by atoms with E-state index in [2.05, 4.69) is 25.6 Å². The number of hydrogen-bond donors (Lipinski definition) is 3. The summed E-state index contributed by atoms with van der Waals surface area (Å²) in [4.78, 5) is 40.0. The summed E-state index contributed by atoms with van der Waals surface area (Å²) in [5.41, 5.74) is 8.82. The van der Waals surface area contributed by atoms with Gasteiger partial charge < -0.3 is 30.7 Å². The van der Waals surface area contributed by atoms with Gasteiger partial charge in [0, 0.05) is 43.3 Å². The fourth-order valence-electron chi connectivity index (χ4n) is 4.95. The highest BCUT2D eigenvalue weighted by Crippen LogP contribution is 2.36. The van der Waals surface area contributed by atoms with Crippen molar-refractivity contribution in [2.75, 3.05) is 38.7 Å². The van der Waals surface area contributed by atoms with Crippen LogP contribution in [0, 0.1) is 5.92 Å². The van der Waals surface area contributed by atoms with Gasteiger partial charge >= 0.3 is 0 Å². The van der Waals surface area contributed by atoms with E-state index >= 15 is 0 Å². The molecule has 12 nitrogen and oxygen atoms in total. The molecule has 236 valence electrons. The molecule has 0 bridgehead atoms. The van der Waals surface area contributed by atoms with Gasteiger partial charge in [0.05, 0.1) is 42.1 Å². The third kappa shape index (κ3) is 7.58. The Morgan fingerprint density at radius 1 is 1.18 bits per heavy atom. The third-order valence-electron chi connectivity index (χ3n) is 7.52. The van der Waals surface area contributed by atoms with Gasteiger partial charge in [-0.05, 0) is 48.7 Å². The molecule has 0 saturated heterocycles. The maximum absolute atomic E-state index is 13.0. The van der Waals surface area contributed by atoms with Crippen LogP contribution in [0.3, 0.4) is 0 Å². The van der Waals surface area contributed by atoms with Crippen molar-refractivity contribution in [1.29, 1.82) is 0 Å². The number of nitrogens with two attached hydrogens (primary N) is 1. The van der Waals surface area contributed by atoms with E-state index in [9.17, 15) is 9.59 Å². The van der Waals surface area contributed by atoms with Crippen molar-refractivity contribution in [3.63, 3.8) is 0 Å². The van der Waals surface area contributed by atoms with Gasteiger partial charge in [-0.3, -0.25) is 24.1 Å². The molecule has 14 heteroatoms. The molecule has 5 rings (SSSR count). The normalized spacial score (nSPS) is 14.4. The lowest BCUT2D eigenvalue weighted by atomic mass is 10.0. The molecule has 4 N–H and O–H groups in total. The molecule has 2 amide bonds. The summed E-state index contributed by atoms with van der Waals surface area (Å²) in [5, 5.41) is 6.32. The molecule has 1 aliphatic rings. The van der Waals surface area contributed by atoms with E-state index in [1.807, 2.05) is 34.9 Å². The summed E-state index contributed by atoms with van der Waals surface area (Å²) in [6.07, 6.45) is 2.65. The predicted octanol–water partition coefficient (Wildman–Crippen LogP) is 3.77. The zero-order valence-electron chi connectivity index (χ0n) is 24.9. The van der Waals surface area contributed by atoms with Gasteiger partial charge in [-0.25, -0.2) is 0 Å². The van der Waals surface area contributed by atoms with Gasteiger partial charge in [0.1, 0.15) is 17.9 Å². The number of hydrogen-bond acceptors (Lipinski definition) is 9. The number of fused-ring (bicyclic) bond motifs is 1. The summed E-state index contributed by atoms with van der Waals surface area (Å²) in [6, 6.07) is 15.0. The van der Waals surface area contributed by atoms with Gasteiger partial charge in [0.15, 0.2) is 5.96 Å². The van der Waals surface area contributed by atoms with Crippen LogP contribution in [0.5, 0.6) is 11.8 Å². The maximum Gasteiger partial charge on any atom is 0.297 e. The molecular formula is C31H34Cl2N8O4. The number of pyridine rings is 1. The van der Waals surface area contributed by atoms with Crippen LogP contribution in [0.1, 0.15) is 24.1 Å². The Balaban J connectivity index is 1.24. The van der Waals surface area contributed by atoms with Gasteiger partial charge in [0.2, 0.25) is 11.8 Å². The second-order valence-electron chi connectivity index (χ2n) is 10.5. The number of methoxy groups -OCH3 is 1. The number of rotatable bonds is 12. The lowest BCUT2D eigenvalue weighted by molar-refractivity contribution is -0.125. The molecule has 0 fully saturated rings. The monoisotopic (exact) mass is 652 g/mol. The Morgan fingerprint density at radius 2 is 2.02 bits per heavy atom. The molecule has 1 atom stereocenters. The van der Waals surface area contributed by atoms with Crippen molar-refractivity contribution in [2.45, 2.75) is 26.0 Å². The summed E-state index contributed by atoms with van der Waals surface area (Å²) < 4.78 is 13.7. The Hall–Kier alpha value is -4.55. The molecule has 0 radical (unpaired) electrons. The maximum atomic E-state index is 13.0. The standard InChI is InChI=1S/C31H34Cl2N8O4/c1-40(27(43)16-36-26(42)12-9-19-14-37-30(34)38-15-19)23-11-10-22(32)21(28(23)33)18-45-25-8-5-7-24-29(25)39-31(44-2)41(24)17-20-6-3-4-13-35-20/h3-8,10-11,13,19H,9,12,14-18H2,1-2H3,(H,36,42)(H3,34,37,38). The fourth-order valence-corrected chi connectivity index (χ4v) is 5.55. The first-order valence-electron chi connectivity index (χ1n) is 14.3. The Kier molecular flexibility index (Phi) is 10.3. The smallest absolute Gasteiger partial charge is 0.297 e. The molecule has 1 aliphatic heterocycles. The van der Waals surface area contributed by atoms with E-state index in [1.54, 1.807) is 38.6 Å². The number of halogens is 2. The van der Waals surface area contributed by atoms with Crippen LogP contribution in [0.15, 0.2) is 59.7 Å². The van der Waals surface area contributed by atoms with Gasteiger partial charge in [-0.2, -0.15) is 4.98 Å². The number of aromatic nitrogens is 3. The first-order chi connectivity index (χ1) is 21.7. The SMILES string of the molecule is COc1nc2c(OCc3c(Cl)ccc(N(C)C(=O)CNC(=O)CCC4CN=C(N)NC4)c3Cl)cccc2n1Cc1ccccn1. The number of ether oxygens (including phenoxy) is 2. The molecule has 4 aromatic rings. The summed E-state index contributed by atoms with van der Waals surface area (Å²) in [6.45, 7) is 1.55. The number of benzene rings is 2. The predicted molar refractivity (Wildman–Crippen MR) is 174 cm³/mol. The molecule has 0 spiro atoms. The van der Waals surface area contributed by atoms with Gasteiger partial charge in [-0.1, -0.05) is 35.3 Å². The number of nitrogens with zero attached hydrogens (tertiary/aromatic N) is 5. The first kappa shape index (κ1) is 31.9. The molecule has 1 unspecified atom stereocenters. The van der Waals surface area contributed by atoms with Crippen molar-refractivity contribution in [3.05, 3.63) is 76.0 Å². The highest BCUT2D eigenvalue weighted by Gasteiger charge is 2.21. The molecule has 0 saturated carbocycles. The van der Waals surface area contributed by atoms with Crippen molar-refractivity contribution in [3.8, 4) is 11.8 Å². The van der Waals surface area contributed by atoms with Crippen molar-refractivity contribution in [1.82, 2.24) is 25.2 Å². The van der Waals surface area contributed by atoms with E-state index < -0.39 is 0 Å². The largest absolute Gasteiger partial charge is 0.486 e. The van der Waals surface area contributed by atoms with Crippen molar-refractivity contribution >= 4 is 57.7 Å². The van der Waals surface area contributed by atoms with Crippen LogP contribution in [0.25, 0.3) is 11.0 Å². The highest BCUT2D eigenvalue weighted by molar-refractivity contribution is 6.38. The van der Waals surface area contributed by atoms with E-state index in [1.165, 1.54) is 4.90 Å². The number of aliphatic imine (C=N–C) groups is 1. The van der Waals surface area contributed by atoms with E-state index in [4.69, 9.17) is 38.4 Å². The zero-order chi connectivity index (χ0) is 31.9. The van der Waals surface area contributed by atoms with Crippen molar-refractivity contribution < 1.29 is 19.1 Å². The van der Waals surface area contributed by atoms with E-state index in [0.717, 1.165) is 11.2 Å². The Morgan fingerprint density at radius 3 is 2.76 bits per heavy atom. The lowest BCUT2D eigenvalue weighted by Crippen LogP contribution is -2.41. The number of amides is 2. The molecule has 3 heterocycles. The molecular weight excluding hydrogens is 619 g/mol. The number of nitrogens with one attached hydrogen (secondary N) is 2. The molecule has 2 aromatic heterocycles. The van der Waals surface area contributed by atoms with E-state index in [0.29, 0.717) is 65.6 Å². The minimum atomic E-state index is -0.341. The number of anilines is 1. The Bertz CT molecular complexity index is 1710. The highest BCUT2D eigenvalue weighted by atomic mass is 35.5. The topological polar surface area (TPSA) is 149 Å². The fraction of sp³-hybridized carbons (Fsp3) is 0.323. The number of imidazole rings is 1. The zero-order valence-corrected chi connectivity index (χ0v) is 26.4. The average molecular weight is 654 g/mol.